The van der Waals surface area contributed by atoms with Crippen molar-refractivity contribution in [2.45, 2.75) is 256 Å². The van der Waals surface area contributed by atoms with Crippen LogP contribution in [-0.2, 0) is 33.3 Å². The molecule has 0 aliphatic carbocycles. The Hall–Kier alpha value is -1.86. The first kappa shape index (κ1) is 53.3. The van der Waals surface area contributed by atoms with Gasteiger partial charge >= 0.3 is 11.9 Å². The molecule has 0 aromatic rings. The molecule has 2 saturated heterocycles. The minimum absolute atomic E-state index is 0.0730. The third-order valence-corrected chi connectivity index (χ3v) is 11.5. The largest absolute Gasteiger partial charge is 0.463 e. The van der Waals surface area contributed by atoms with E-state index in [0.717, 1.165) is 70.6 Å². The van der Waals surface area contributed by atoms with Crippen molar-refractivity contribution in [3.05, 3.63) is 24.3 Å². The fraction of sp³-hybridized carbons (Fsp3) is 0.875. The molecule has 2 rings (SSSR count). The van der Waals surface area contributed by atoms with Crippen molar-refractivity contribution in [3.63, 3.8) is 0 Å². The van der Waals surface area contributed by atoms with Gasteiger partial charge in [-0.2, -0.15) is 0 Å². The summed E-state index contributed by atoms with van der Waals surface area (Å²) >= 11 is 0. The molecular formula is C48H86O11. The molecule has 11 nitrogen and oxygen atoms in total. The zero-order chi connectivity index (χ0) is 42.8. The maximum Gasteiger partial charge on any atom is 0.305 e. The van der Waals surface area contributed by atoms with Crippen LogP contribution in [0.5, 0.6) is 0 Å². The van der Waals surface area contributed by atoms with Crippen LogP contribution in [-0.4, -0.2) is 94.8 Å². The summed E-state index contributed by atoms with van der Waals surface area (Å²) in [6.07, 6.45) is 31.0. The van der Waals surface area contributed by atoms with E-state index < -0.39 is 55.2 Å². The number of carbonyl (C=O) groups is 2. The molecule has 2 aliphatic heterocycles. The Labute approximate surface area is 358 Å². The summed E-state index contributed by atoms with van der Waals surface area (Å²) in [4.78, 5) is 24.9. The van der Waals surface area contributed by atoms with Crippen molar-refractivity contribution in [1.82, 2.24) is 0 Å². The molecule has 2 aliphatic rings. The molecule has 4 N–H and O–H groups in total. The van der Waals surface area contributed by atoms with Crippen LogP contribution >= 0.6 is 0 Å². The van der Waals surface area contributed by atoms with Gasteiger partial charge in [0.2, 0.25) is 0 Å². The van der Waals surface area contributed by atoms with Crippen LogP contribution in [0.25, 0.3) is 0 Å². The van der Waals surface area contributed by atoms with Gasteiger partial charge in [0.1, 0.15) is 37.6 Å². The van der Waals surface area contributed by atoms with Crippen molar-refractivity contribution >= 4 is 11.9 Å². The van der Waals surface area contributed by atoms with E-state index in [4.69, 9.17) is 23.7 Å². The van der Waals surface area contributed by atoms with Crippen LogP contribution in [0.3, 0.4) is 0 Å². The summed E-state index contributed by atoms with van der Waals surface area (Å²) in [5.41, 5.74) is 0. The molecular weight excluding hydrogens is 753 g/mol. The number of hydrogen-bond donors (Lipinski definition) is 4. The summed E-state index contributed by atoms with van der Waals surface area (Å²) < 4.78 is 28.2. The minimum Gasteiger partial charge on any atom is -0.463 e. The molecule has 0 amide bonds. The van der Waals surface area contributed by atoms with Gasteiger partial charge in [-0.25, -0.2) is 0 Å². The highest BCUT2D eigenvalue weighted by Crippen LogP contribution is 2.28. The topological polar surface area (TPSA) is 161 Å². The molecule has 0 aromatic carbocycles. The second-order valence-corrected chi connectivity index (χ2v) is 17.0. The third-order valence-electron chi connectivity index (χ3n) is 11.5. The van der Waals surface area contributed by atoms with E-state index in [-0.39, 0.29) is 44.9 Å². The molecule has 11 heteroatoms. The zero-order valence-corrected chi connectivity index (χ0v) is 37.2. The molecule has 2 heterocycles. The number of esters is 2. The molecule has 0 saturated carbocycles. The molecule has 344 valence electrons. The van der Waals surface area contributed by atoms with Crippen LogP contribution in [0.4, 0.5) is 0 Å². The number of carbonyl (C=O) groups excluding carboxylic acids is 2. The molecule has 2 fully saturated rings. The van der Waals surface area contributed by atoms with Crippen LogP contribution in [0.1, 0.15) is 206 Å². The lowest BCUT2D eigenvalue weighted by molar-refractivity contribution is -0.344. The van der Waals surface area contributed by atoms with Gasteiger partial charge in [-0.1, -0.05) is 141 Å². The number of unbranched alkanes of at least 4 members (excludes halogenated alkanes) is 22. The average molecular weight is 839 g/mol. The van der Waals surface area contributed by atoms with Gasteiger partial charge in [0.05, 0.1) is 12.2 Å². The molecule has 59 heavy (non-hydrogen) atoms. The first-order chi connectivity index (χ1) is 28.7. The van der Waals surface area contributed by atoms with Gasteiger partial charge in [-0.3, -0.25) is 9.59 Å². The predicted molar refractivity (Wildman–Crippen MR) is 232 cm³/mol. The maximum atomic E-state index is 12.4. The standard InChI is InChI=1S/C48H86O11/c1-3-5-7-9-11-13-15-17-19-21-23-25-27-29-31-33-44(52)55-37-42-39(49)35-41(51)48(58-42)59-46-36-40(50)47(54)43(57-46)38-56-45(53)34-32-30-28-26-24-22-20-18-16-14-12-10-8-6-4-2/h17-20,39-43,46-51,54H,3-16,21-38H2,1-2H3/b19-17-,20-18-/t39-,40+,41+,42+,43+,46+,47-,48+/m0/s1. The smallest absolute Gasteiger partial charge is 0.305 e. The molecule has 0 unspecified atom stereocenters. The van der Waals surface area contributed by atoms with Gasteiger partial charge < -0.3 is 44.1 Å². The third kappa shape index (κ3) is 27.0. The highest BCUT2D eigenvalue weighted by molar-refractivity contribution is 5.69. The lowest BCUT2D eigenvalue weighted by atomic mass is 10.0. The Bertz CT molecular complexity index is 1080. The normalized spacial score (nSPS) is 24.9. The van der Waals surface area contributed by atoms with Gasteiger partial charge in [0, 0.05) is 25.7 Å². The summed E-state index contributed by atoms with van der Waals surface area (Å²) in [6, 6.07) is 0. The Morgan fingerprint density at radius 1 is 0.492 bits per heavy atom. The Morgan fingerprint density at radius 3 is 1.36 bits per heavy atom. The molecule has 0 aromatic heterocycles. The van der Waals surface area contributed by atoms with Crippen LogP contribution in [0.15, 0.2) is 24.3 Å². The fourth-order valence-corrected chi connectivity index (χ4v) is 7.60. The zero-order valence-electron chi connectivity index (χ0n) is 37.2. The summed E-state index contributed by atoms with van der Waals surface area (Å²) in [7, 11) is 0. The fourth-order valence-electron chi connectivity index (χ4n) is 7.60. The number of aliphatic hydroxyl groups excluding tert-OH is 4. The van der Waals surface area contributed by atoms with Crippen LogP contribution in [0, 0.1) is 0 Å². The molecule has 0 radical (unpaired) electrons. The Kier molecular flexibility index (Phi) is 32.2. The summed E-state index contributed by atoms with van der Waals surface area (Å²) in [5, 5.41) is 42.2. The van der Waals surface area contributed by atoms with Crippen molar-refractivity contribution in [3.8, 4) is 0 Å². The van der Waals surface area contributed by atoms with E-state index >= 15 is 0 Å². The SMILES string of the molecule is CCCCCCCC/C=C\CCCCCCCC(=O)OC[C@H]1O[C@H](O[C@H]2O[C@H](COC(=O)CCCCCCC/C=C\CCCCCCCC)[C@@H](O)C[C@H]2O)C[C@@H](O)[C@@H]1O. The number of rotatable bonds is 36. The highest BCUT2D eigenvalue weighted by Gasteiger charge is 2.43. The van der Waals surface area contributed by atoms with E-state index in [1.807, 2.05) is 0 Å². The van der Waals surface area contributed by atoms with E-state index in [1.165, 1.54) is 89.9 Å². The number of ether oxygens (including phenoxy) is 5. The van der Waals surface area contributed by atoms with Gasteiger partial charge in [0.25, 0.3) is 0 Å². The van der Waals surface area contributed by atoms with Crippen LogP contribution in [0.2, 0.25) is 0 Å². The van der Waals surface area contributed by atoms with E-state index in [1.54, 1.807) is 0 Å². The quantitative estimate of drug-likeness (QED) is 0.0270. The second-order valence-electron chi connectivity index (χ2n) is 17.0. The van der Waals surface area contributed by atoms with Crippen molar-refractivity contribution in [1.29, 1.82) is 0 Å². The number of hydrogen-bond acceptors (Lipinski definition) is 11. The number of allylic oxidation sites excluding steroid dienone is 4. The highest BCUT2D eigenvalue weighted by atomic mass is 16.8. The number of aliphatic hydroxyl groups is 4. The van der Waals surface area contributed by atoms with E-state index in [0.29, 0.717) is 6.42 Å². The Morgan fingerprint density at radius 2 is 0.898 bits per heavy atom. The van der Waals surface area contributed by atoms with E-state index in [9.17, 15) is 30.0 Å². The van der Waals surface area contributed by atoms with Crippen molar-refractivity contribution in [2.75, 3.05) is 13.2 Å². The van der Waals surface area contributed by atoms with Crippen LogP contribution < -0.4 is 0 Å². The molecule has 0 bridgehead atoms. The lowest BCUT2D eigenvalue weighted by Crippen LogP contribution is -2.55. The van der Waals surface area contributed by atoms with Gasteiger partial charge in [-0.15, -0.1) is 0 Å². The predicted octanol–water partition coefficient (Wildman–Crippen LogP) is 9.84. The van der Waals surface area contributed by atoms with E-state index in [2.05, 4.69) is 38.2 Å². The molecule has 8 atom stereocenters. The average Bonchev–Trinajstić information content (AvgIpc) is 3.22. The summed E-state index contributed by atoms with van der Waals surface area (Å²) in [6.45, 7) is 4.03. The van der Waals surface area contributed by atoms with Crippen molar-refractivity contribution < 1.29 is 53.7 Å². The summed E-state index contributed by atoms with van der Waals surface area (Å²) in [5.74, 6) is -0.769. The van der Waals surface area contributed by atoms with Crippen molar-refractivity contribution in [2.24, 2.45) is 0 Å². The van der Waals surface area contributed by atoms with Gasteiger partial charge in [-0.05, 0) is 64.2 Å². The first-order valence-electron chi connectivity index (χ1n) is 24.0. The maximum absolute atomic E-state index is 12.4. The first-order valence-corrected chi connectivity index (χ1v) is 24.0. The van der Waals surface area contributed by atoms with Gasteiger partial charge in [0.15, 0.2) is 12.6 Å². The second kappa shape index (κ2) is 35.7. The lowest BCUT2D eigenvalue weighted by Gasteiger charge is -2.41. The molecule has 0 spiro atoms. The monoisotopic (exact) mass is 839 g/mol. The Balaban J connectivity index is 1.56. The minimum atomic E-state index is -1.30.